The van der Waals surface area contributed by atoms with Crippen LogP contribution >= 0.6 is 27.3 Å². The van der Waals surface area contributed by atoms with E-state index in [1.165, 1.54) is 0 Å². The fourth-order valence-electron chi connectivity index (χ4n) is 1.26. The Labute approximate surface area is 116 Å². The third-order valence-corrected chi connectivity index (χ3v) is 6.33. The zero-order valence-electron chi connectivity index (χ0n) is 9.51. The largest absolute Gasteiger partial charge is 0.250 e. The summed E-state index contributed by atoms with van der Waals surface area (Å²) in [4.78, 5) is 0. The molecule has 2 heterocycles. The van der Waals surface area contributed by atoms with E-state index in [2.05, 4.69) is 41.3 Å². The van der Waals surface area contributed by atoms with Gasteiger partial charge in [-0.05, 0) is 41.4 Å². The van der Waals surface area contributed by atoms with Gasteiger partial charge in [-0.2, -0.15) is 9.94 Å². The quantitative estimate of drug-likeness (QED) is 0.866. The number of nitrogens with zero attached hydrogens (tertiary/aromatic N) is 3. The number of hydrogen-bond donors (Lipinski definition) is 2. The fourth-order valence-corrected chi connectivity index (χ4v) is 4.70. The number of halogens is 1. The zero-order valence-corrected chi connectivity index (χ0v) is 12.7. The van der Waals surface area contributed by atoms with Gasteiger partial charge in [0.15, 0.2) is 5.82 Å². The van der Waals surface area contributed by atoms with Crippen molar-refractivity contribution >= 4 is 37.3 Å². The molecule has 0 aliphatic carbocycles. The third-order valence-electron chi connectivity index (χ3n) is 2.18. The van der Waals surface area contributed by atoms with Crippen molar-refractivity contribution < 1.29 is 8.42 Å². The van der Waals surface area contributed by atoms with Crippen LogP contribution in [0.25, 0.3) is 0 Å². The summed E-state index contributed by atoms with van der Waals surface area (Å²) in [6.45, 7) is 3.49. The maximum Gasteiger partial charge on any atom is 0.250 e. The predicted molar refractivity (Wildman–Crippen MR) is 69.7 cm³/mol. The summed E-state index contributed by atoms with van der Waals surface area (Å²) < 4.78 is 27.7. The Morgan fingerprint density at radius 2 is 2.28 bits per heavy atom. The standard InChI is InChI=1S/C8H10BrN5O2S2/c1-4-3-6(17-7(4)9)18(15,16)12-5(2)8-10-13-14-11-8/h3,5,12H,1-2H3,(H,10,11,13,14). The Hall–Kier alpha value is -0.840. The number of aromatic nitrogens is 4. The van der Waals surface area contributed by atoms with Gasteiger partial charge < -0.3 is 0 Å². The number of aryl methyl sites for hydroxylation is 1. The van der Waals surface area contributed by atoms with Gasteiger partial charge in [-0.3, -0.25) is 0 Å². The normalized spacial score (nSPS) is 13.7. The Bertz CT molecular complexity index is 617. The lowest BCUT2D eigenvalue weighted by atomic mass is 10.4. The van der Waals surface area contributed by atoms with E-state index < -0.39 is 16.1 Å². The number of thiophene rings is 1. The monoisotopic (exact) mass is 351 g/mol. The van der Waals surface area contributed by atoms with Crippen molar-refractivity contribution in [2.45, 2.75) is 24.1 Å². The molecule has 0 amide bonds. The van der Waals surface area contributed by atoms with Crippen molar-refractivity contribution in [2.75, 3.05) is 0 Å². The SMILES string of the molecule is Cc1cc(S(=O)(=O)NC(C)c2nn[nH]n2)sc1Br. The van der Waals surface area contributed by atoms with Gasteiger partial charge in [0.05, 0.1) is 9.83 Å². The van der Waals surface area contributed by atoms with Gasteiger partial charge in [-0.1, -0.05) is 5.21 Å². The van der Waals surface area contributed by atoms with Gasteiger partial charge in [0, 0.05) is 0 Å². The Balaban J connectivity index is 2.22. The Morgan fingerprint density at radius 1 is 1.56 bits per heavy atom. The molecule has 0 spiro atoms. The number of rotatable bonds is 4. The smallest absolute Gasteiger partial charge is 0.206 e. The fraction of sp³-hybridized carbons (Fsp3) is 0.375. The Morgan fingerprint density at radius 3 is 2.78 bits per heavy atom. The third kappa shape index (κ3) is 2.76. The lowest BCUT2D eigenvalue weighted by molar-refractivity contribution is 0.562. The number of sulfonamides is 1. The van der Waals surface area contributed by atoms with E-state index in [1.54, 1.807) is 13.0 Å². The molecular weight excluding hydrogens is 342 g/mol. The van der Waals surface area contributed by atoms with Crippen LogP contribution in [0.4, 0.5) is 0 Å². The van der Waals surface area contributed by atoms with E-state index in [-0.39, 0.29) is 4.21 Å². The lowest BCUT2D eigenvalue weighted by Gasteiger charge is -2.08. The van der Waals surface area contributed by atoms with E-state index in [0.29, 0.717) is 5.82 Å². The van der Waals surface area contributed by atoms with Crippen LogP contribution in [0.5, 0.6) is 0 Å². The molecule has 0 radical (unpaired) electrons. The number of H-pyrrole nitrogens is 1. The number of tetrazole rings is 1. The van der Waals surface area contributed by atoms with Crippen LogP contribution in [-0.2, 0) is 10.0 Å². The highest BCUT2D eigenvalue weighted by molar-refractivity contribution is 9.11. The number of nitrogens with one attached hydrogen (secondary N) is 2. The molecule has 1 unspecified atom stereocenters. The lowest BCUT2D eigenvalue weighted by Crippen LogP contribution is -2.27. The van der Waals surface area contributed by atoms with E-state index in [0.717, 1.165) is 20.7 Å². The second kappa shape index (κ2) is 5.03. The summed E-state index contributed by atoms with van der Waals surface area (Å²) >= 11 is 4.46. The summed E-state index contributed by atoms with van der Waals surface area (Å²) in [7, 11) is -3.57. The molecule has 0 aliphatic rings. The zero-order chi connectivity index (χ0) is 13.3. The first-order valence-electron chi connectivity index (χ1n) is 4.92. The van der Waals surface area contributed by atoms with E-state index in [1.807, 2.05) is 6.92 Å². The van der Waals surface area contributed by atoms with Gasteiger partial charge in [0.25, 0.3) is 10.0 Å². The van der Waals surface area contributed by atoms with Crippen molar-refractivity contribution in [3.05, 3.63) is 21.2 Å². The summed E-state index contributed by atoms with van der Waals surface area (Å²) in [5, 5.41) is 13.1. The first-order valence-corrected chi connectivity index (χ1v) is 8.01. The number of hydrogen-bond acceptors (Lipinski definition) is 6. The molecule has 0 fully saturated rings. The van der Waals surface area contributed by atoms with Crippen molar-refractivity contribution in [2.24, 2.45) is 0 Å². The molecule has 2 N–H and O–H groups in total. The van der Waals surface area contributed by atoms with Crippen LogP contribution < -0.4 is 4.72 Å². The molecule has 0 saturated carbocycles. The summed E-state index contributed by atoms with van der Waals surface area (Å²) in [6.07, 6.45) is 0. The average molecular weight is 352 g/mol. The van der Waals surface area contributed by atoms with Gasteiger partial charge >= 0.3 is 0 Å². The van der Waals surface area contributed by atoms with Gasteiger partial charge in [-0.15, -0.1) is 21.5 Å². The van der Waals surface area contributed by atoms with E-state index in [9.17, 15) is 8.42 Å². The first-order chi connectivity index (χ1) is 8.40. The first kappa shape index (κ1) is 13.6. The minimum atomic E-state index is -3.57. The molecule has 7 nitrogen and oxygen atoms in total. The summed E-state index contributed by atoms with van der Waals surface area (Å²) in [5.74, 6) is 0.297. The van der Waals surface area contributed by atoms with Crippen molar-refractivity contribution in [3.8, 4) is 0 Å². The van der Waals surface area contributed by atoms with Crippen LogP contribution in [0, 0.1) is 6.92 Å². The molecule has 1 atom stereocenters. The van der Waals surface area contributed by atoms with E-state index >= 15 is 0 Å². The van der Waals surface area contributed by atoms with Crippen LogP contribution in [-0.4, -0.2) is 29.0 Å². The average Bonchev–Trinajstić information content (AvgIpc) is 2.89. The molecule has 10 heteroatoms. The van der Waals surface area contributed by atoms with Crippen molar-refractivity contribution in [3.63, 3.8) is 0 Å². The second-order valence-electron chi connectivity index (χ2n) is 3.64. The summed E-state index contributed by atoms with van der Waals surface area (Å²) in [6, 6.07) is 1.06. The maximum absolute atomic E-state index is 12.1. The van der Waals surface area contributed by atoms with Crippen LogP contribution in [0.1, 0.15) is 24.4 Å². The highest BCUT2D eigenvalue weighted by Gasteiger charge is 2.23. The molecule has 0 bridgehead atoms. The minimum absolute atomic E-state index is 0.252. The molecule has 98 valence electrons. The molecule has 0 saturated heterocycles. The van der Waals surface area contributed by atoms with Crippen molar-refractivity contribution in [1.29, 1.82) is 0 Å². The molecule has 0 aromatic carbocycles. The van der Waals surface area contributed by atoms with Crippen LogP contribution in [0.15, 0.2) is 14.1 Å². The summed E-state index contributed by atoms with van der Waals surface area (Å²) in [5.41, 5.74) is 0.882. The molecule has 2 aromatic rings. The second-order valence-corrected chi connectivity index (χ2v) is 7.95. The topological polar surface area (TPSA) is 101 Å². The maximum atomic E-state index is 12.1. The van der Waals surface area contributed by atoms with E-state index in [4.69, 9.17) is 0 Å². The highest BCUT2D eigenvalue weighted by atomic mass is 79.9. The van der Waals surface area contributed by atoms with Gasteiger partial charge in [0.1, 0.15) is 4.21 Å². The highest BCUT2D eigenvalue weighted by Crippen LogP contribution is 2.30. The Kier molecular flexibility index (Phi) is 3.80. The van der Waals surface area contributed by atoms with Gasteiger partial charge in [0.2, 0.25) is 0 Å². The molecular formula is C8H10BrN5O2S2. The predicted octanol–water partition coefficient (Wildman–Crippen LogP) is 1.37. The molecule has 18 heavy (non-hydrogen) atoms. The minimum Gasteiger partial charge on any atom is -0.206 e. The molecule has 0 aliphatic heterocycles. The van der Waals surface area contributed by atoms with Crippen molar-refractivity contribution in [1.82, 2.24) is 25.3 Å². The van der Waals surface area contributed by atoms with Crippen LogP contribution in [0.3, 0.4) is 0 Å². The molecule has 2 rings (SSSR count). The van der Waals surface area contributed by atoms with Gasteiger partial charge in [-0.25, -0.2) is 8.42 Å². The molecule has 2 aromatic heterocycles. The van der Waals surface area contributed by atoms with Crippen LogP contribution in [0.2, 0.25) is 0 Å². The number of aromatic amines is 1.